The Morgan fingerprint density at radius 2 is 1.92 bits per heavy atom. The van der Waals surface area contributed by atoms with Crippen molar-refractivity contribution in [2.24, 2.45) is 0 Å². The van der Waals surface area contributed by atoms with Gasteiger partial charge in [-0.25, -0.2) is 8.42 Å². The maximum atomic E-state index is 12.6. The van der Waals surface area contributed by atoms with Crippen molar-refractivity contribution >= 4 is 27.9 Å². The summed E-state index contributed by atoms with van der Waals surface area (Å²) in [4.78, 5) is 4.28. The second-order valence-corrected chi connectivity index (χ2v) is 7.09. The van der Waals surface area contributed by atoms with Gasteiger partial charge in [-0.1, -0.05) is 29.4 Å². The number of hydrogen-bond acceptors (Lipinski definition) is 5. The van der Waals surface area contributed by atoms with E-state index in [0.717, 1.165) is 11.3 Å². The van der Waals surface area contributed by atoms with Crippen LogP contribution in [0, 0.1) is 13.8 Å². The summed E-state index contributed by atoms with van der Waals surface area (Å²) >= 11 is 0. The Morgan fingerprint density at radius 1 is 1.08 bits per heavy atom. The molecule has 0 aliphatic heterocycles. The van der Waals surface area contributed by atoms with E-state index in [2.05, 4.69) is 14.9 Å². The Balaban J connectivity index is 1.84. The molecule has 3 aromatic rings. The van der Waals surface area contributed by atoms with Crippen molar-refractivity contribution in [2.45, 2.75) is 18.7 Å². The molecule has 7 heteroatoms. The molecule has 0 aliphatic rings. The Morgan fingerprint density at radius 3 is 2.60 bits per heavy atom. The number of aromatic nitrogens is 2. The summed E-state index contributed by atoms with van der Waals surface area (Å²) in [7, 11) is -3.76. The van der Waals surface area contributed by atoms with Gasteiger partial charge >= 0.3 is 0 Å². The third-order valence-corrected chi connectivity index (χ3v) is 5.13. The van der Waals surface area contributed by atoms with E-state index in [1.807, 2.05) is 36.4 Å². The second-order valence-electron chi connectivity index (χ2n) is 5.47. The van der Waals surface area contributed by atoms with Crippen LogP contribution in [0.4, 0.5) is 5.69 Å². The molecule has 1 aromatic carbocycles. The number of hydrogen-bond donors (Lipinski definition) is 1. The lowest BCUT2D eigenvalue weighted by Gasteiger charge is -2.08. The highest BCUT2D eigenvalue weighted by Gasteiger charge is 2.24. The zero-order valence-electron chi connectivity index (χ0n) is 13.8. The summed E-state index contributed by atoms with van der Waals surface area (Å²) in [6.45, 7) is 3.16. The van der Waals surface area contributed by atoms with Crippen LogP contribution in [0.2, 0.25) is 0 Å². The SMILES string of the molecule is Cc1noc(C)c1S(=O)(=O)Nc1cccc(C=Cc2ccccn2)c1. The van der Waals surface area contributed by atoms with Crippen LogP contribution in [0.15, 0.2) is 58.1 Å². The van der Waals surface area contributed by atoms with Crippen LogP contribution in [0.1, 0.15) is 22.7 Å². The molecule has 128 valence electrons. The lowest BCUT2D eigenvalue weighted by Crippen LogP contribution is -2.14. The molecular weight excluding hydrogens is 338 g/mol. The number of sulfonamides is 1. The summed E-state index contributed by atoms with van der Waals surface area (Å²) in [5.41, 5.74) is 2.47. The van der Waals surface area contributed by atoms with Gasteiger partial charge in [0.2, 0.25) is 0 Å². The van der Waals surface area contributed by atoms with E-state index >= 15 is 0 Å². The van der Waals surface area contributed by atoms with Gasteiger partial charge in [0.15, 0.2) is 10.7 Å². The smallest absolute Gasteiger partial charge is 0.267 e. The van der Waals surface area contributed by atoms with Gasteiger partial charge < -0.3 is 4.52 Å². The van der Waals surface area contributed by atoms with E-state index in [9.17, 15) is 8.42 Å². The molecule has 0 bridgehead atoms. The lowest BCUT2D eigenvalue weighted by molar-refractivity contribution is 0.390. The molecule has 0 amide bonds. The molecule has 0 atom stereocenters. The first-order valence-corrected chi connectivity index (χ1v) is 9.09. The third-order valence-electron chi connectivity index (χ3n) is 3.51. The van der Waals surface area contributed by atoms with E-state index in [1.54, 1.807) is 38.2 Å². The minimum Gasteiger partial charge on any atom is -0.360 e. The van der Waals surface area contributed by atoms with Crippen molar-refractivity contribution in [3.05, 3.63) is 71.4 Å². The first-order valence-electron chi connectivity index (χ1n) is 7.60. The van der Waals surface area contributed by atoms with Crippen molar-refractivity contribution in [3.8, 4) is 0 Å². The third kappa shape index (κ3) is 3.95. The van der Waals surface area contributed by atoms with Gasteiger partial charge in [-0.05, 0) is 49.8 Å². The molecule has 25 heavy (non-hydrogen) atoms. The van der Waals surface area contributed by atoms with Gasteiger partial charge in [-0.2, -0.15) is 0 Å². The molecule has 0 saturated heterocycles. The molecule has 3 rings (SSSR count). The van der Waals surface area contributed by atoms with Crippen LogP contribution >= 0.6 is 0 Å². The molecule has 2 heterocycles. The maximum absolute atomic E-state index is 12.6. The zero-order chi connectivity index (χ0) is 17.9. The predicted molar refractivity (Wildman–Crippen MR) is 96.4 cm³/mol. The van der Waals surface area contributed by atoms with Crippen LogP contribution < -0.4 is 4.72 Å². The number of aryl methyl sites for hydroxylation is 2. The first kappa shape index (κ1) is 16.9. The Labute approximate surface area is 146 Å². The highest BCUT2D eigenvalue weighted by molar-refractivity contribution is 7.92. The number of nitrogens with one attached hydrogen (secondary N) is 1. The van der Waals surface area contributed by atoms with E-state index < -0.39 is 10.0 Å². The lowest BCUT2D eigenvalue weighted by atomic mass is 10.2. The number of nitrogens with zero attached hydrogens (tertiary/aromatic N) is 2. The highest BCUT2D eigenvalue weighted by Crippen LogP contribution is 2.23. The topological polar surface area (TPSA) is 85.1 Å². The molecule has 1 N–H and O–H groups in total. The van der Waals surface area contributed by atoms with E-state index in [0.29, 0.717) is 11.4 Å². The Bertz CT molecular complexity index is 990. The second kappa shape index (κ2) is 6.90. The molecular formula is C18H17N3O3S. The summed E-state index contributed by atoms with van der Waals surface area (Å²) in [6, 6.07) is 12.7. The fourth-order valence-corrected chi connectivity index (χ4v) is 3.81. The van der Waals surface area contributed by atoms with Gasteiger partial charge in [-0.15, -0.1) is 0 Å². The summed E-state index contributed by atoms with van der Waals surface area (Å²) < 4.78 is 32.6. The predicted octanol–water partition coefficient (Wildman–Crippen LogP) is 3.66. The van der Waals surface area contributed by atoms with Crippen LogP contribution in [-0.2, 0) is 10.0 Å². The van der Waals surface area contributed by atoms with Gasteiger partial charge in [0.1, 0.15) is 5.69 Å². The number of pyridine rings is 1. The van der Waals surface area contributed by atoms with Crippen LogP contribution in [-0.4, -0.2) is 18.6 Å². The number of benzene rings is 1. The average molecular weight is 355 g/mol. The van der Waals surface area contributed by atoms with Gasteiger partial charge in [0.05, 0.1) is 5.69 Å². The zero-order valence-corrected chi connectivity index (χ0v) is 14.6. The maximum Gasteiger partial charge on any atom is 0.267 e. The Kier molecular flexibility index (Phi) is 4.67. The molecule has 0 radical (unpaired) electrons. The average Bonchev–Trinajstić information content (AvgIpc) is 2.93. The van der Waals surface area contributed by atoms with Crippen molar-refractivity contribution in [3.63, 3.8) is 0 Å². The van der Waals surface area contributed by atoms with Crippen LogP contribution in [0.5, 0.6) is 0 Å². The fraction of sp³-hybridized carbons (Fsp3) is 0.111. The first-order chi connectivity index (χ1) is 12.0. The summed E-state index contributed by atoms with van der Waals surface area (Å²) in [6.07, 6.45) is 5.45. The summed E-state index contributed by atoms with van der Waals surface area (Å²) in [5, 5.41) is 3.69. The molecule has 0 fully saturated rings. The Hall–Kier alpha value is -2.93. The number of rotatable bonds is 5. The van der Waals surface area contributed by atoms with Gasteiger partial charge in [-0.3, -0.25) is 9.71 Å². The largest absolute Gasteiger partial charge is 0.360 e. The van der Waals surface area contributed by atoms with Crippen molar-refractivity contribution in [1.29, 1.82) is 0 Å². The minimum absolute atomic E-state index is 0.0712. The van der Waals surface area contributed by atoms with Gasteiger partial charge in [0, 0.05) is 11.9 Å². The highest BCUT2D eigenvalue weighted by atomic mass is 32.2. The van der Waals surface area contributed by atoms with Crippen molar-refractivity contribution in [1.82, 2.24) is 10.1 Å². The quantitative estimate of drug-likeness (QED) is 0.755. The fourth-order valence-electron chi connectivity index (χ4n) is 2.43. The minimum atomic E-state index is -3.76. The van der Waals surface area contributed by atoms with E-state index in [-0.39, 0.29) is 10.7 Å². The van der Waals surface area contributed by atoms with E-state index in [1.165, 1.54) is 0 Å². The van der Waals surface area contributed by atoms with Gasteiger partial charge in [0.25, 0.3) is 10.0 Å². The summed E-state index contributed by atoms with van der Waals surface area (Å²) in [5.74, 6) is 0.260. The van der Waals surface area contributed by atoms with Crippen LogP contribution in [0.3, 0.4) is 0 Å². The molecule has 6 nitrogen and oxygen atoms in total. The molecule has 0 aliphatic carbocycles. The standard InChI is InChI=1S/C18H17N3O3S/c1-13-18(14(2)24-20-13)25(22,23)21-17-8-5-6-15(12-17)9-10-16-7-3-4-11-19-16/h3-12,21H,1-2H3. The molecule has 0 spiro atoms. The normalized spacial score (nSPS) is 11.8. The molecule has 0 saturated carbocycles. The molecule has 0 unspecified atom stereocenters. The van der Waals surface area contributed by atoms with Crippen LogP contribution in [0.25, 0.3) is 12.2 Å². The van der Waals surface area contributed by atoms with E-state index in [4.69, 9.17) is 4.52 Å². The van der Waals surface area contributed by atoms with Crippen molar-refractivity contribution in [2.75, 3.05) is 4.72 Å². The molecule has 2 aromatic heterocycles. The number of anilines is 1. The monoisotopic (exact) mass is 355 g/mol. The van der Waals surface area contributed by atoms with Crippen molar-refractivity contribution < 1.29 is 12.9 Å².